The Morgan fingerprint density at radius 1 is 1.31 bits per heavy atom. The lowest BCUT2D eigenvalue weighted by molar-refractivity contribution is 0.398. The van der Waals surface area contributed by atoms with Gasteiger partial charge in [0.1, 0.15) is 11.5 Å². The van der Waals surface area contributed by atoms with Gasteiger partial charge in [0, 0.05) is 11.6 Å². The third-order valence-corrected chi connectivity index (χ3v) is 3.35. The number of methoxy groups -OCH3 is 2. The van der Waals surface area contributed by atoms with Gasteiger partial charge in [-0.05, 0) is 43.4 Å². The minimum atomic E-state index is 0.251. The van der Waals surface area contributed by atoms with Gasteiger partial charge < -0.3 is 15.2 Å². The van der Waals surface area contributed by atoms with E-state index < -0.39 is 0 Å². The van der Waals surface area contributed by atoms with Crippen molar-refractivity contribution in [3.8, 4) is 11.5 Å². The molecule has 1 fully saturated rings. The number of rotatable bonds is 4. The van der Waals surface area contributed by atoms with Gasteiger partial charge in [-0.1, -0.05) is 0 Å². The number of ether oxygens (including phenoxy) is 2. The Bertz CT molecular complexity index is 376. The molecule has 1 saturated carbocycles. The molecular weight excluding hydrogens is 202 g/mol. The molecule has 0 radical (unpaired) electrons. The van der Waals surface area contributed by atoms with E-state index in [4.69, 9.17) is 15.2 Å². The fourth-order valence-corrected chi connectivity index (χ4v) is 2.28. The zero-order valence-corrected chi connectivity index (χ0v) is 10.1. The zero-order valence-electron chi connectivity index (χ0n) is 10.1. The van der Waals surface area contributed by atoms with Gasteiger partial charge in [-0.25, -0.2) is 0 Å². The van der Waals surface area contributed by atoms with Crippen LogP contribution in [0.15, 0.2) is 18.2 Å². The van der Waals surface area contributed by atoms with Crippen LogP contribution in [-0.2, 0) is 0 Å². The van der Waals surface area contributed by atoms with Crippen LogP contribution in [0.3, 0.4) is 0 Å². The van der Waals surface area contributed by atoms with E-state index in [9.17, 15) is 0 Å². The Morgan fingerprint density at radius 2 is 2.06 bits per heavy atom. The van der Waals surface area contributed by atoms with Crippen molar-refractivity contribution in [3.05, 3.63) is 23.8 Å². The number of hydrogen-bond acceptors (Lipinski definition) is 3. The second kappa shape index (κ2) is 4.34. The van der Waals surface area contributed by atoms with Gasteiger partial charge >= 0.3 is 0 Å². The van der Waals surface area contributed by atoms with Crippen molar-refractivity contribution in [2.24, 2.45) is 11.7 Å². The van der Waals surface area contributed by atoms with E-state index in [1.807, 2.05) is 12.1 Å². The molecule has 1 aliphatic rings. The van der Waals surface area contributed by atoms with Crippen molar-refractivity contribution in [1.29, 1.82) is 0 Å². The van der Waals surface area contributed by atoms with Gasteiger partial charge in [0.15, 0.2) is 0 Å². The minimum Gasteiger partial charge on any atom is -0.497 e. The predicted molar refractivity (Wildman–Crippen MR) is 64.0 cm³/mol. The molecule has 0 heterocycles. The largest absolute Gasteiger partial charge is 0.497 e. The quantitative estimate of drug-likeness (QED) is 0.847. The van der Waals surface area contributed by atoms with Gasteiger partial charge in [0.2, 0.25) is 0 Å². The Morgan fingerprint density at radius 3 is 2.56 bits per heavy atom. The summed E-state index contributed by atoms with van der Waals surface area (Å²) in [5, 5.41) is 0. The number of hydrogen-bond donors (Lipinski definition) is 1. The molecule has 0 saturated heterocycles. The summed E-state index contributed by atoms with van der Waals surface area (Å²) >= 11 is 0. The molecule has 3 nitrogen and oxygen atoms in total. The van der Waals surface area contributed by atoms with Gasteiger partial charge in [0.05, 0.1) is 14.2 Å². The lowest BCUT2D eigenvalue weighted by atomic mass is 10.1. The van der Waals surface area contributed by atoms with Gasteiger partial charge in [-0.15, -0.1) is 0 Å². The average Bonchev–Trinajstić information content (AvgIpc) is 3.08. The van der Waals surface area contributed by atoms with Crippen LogP contribution in [0, 0.1) is 5.92 Å². The highest BCUT2D eigenvalue weighted by Crippen LogP contribution is 2.52. The van der Waals surface area contributed by atoms with Crippen LogP contribution in [0.25, 0.3) is 0 Å². The molecule has 16 heavy (non-hydrogen) atoms. The lowest BCUT2D eigenvalue weighted by Gasteiger charge is -2.11. The summed E-state index contributed by atoms with van der Waals surface area (Å²) in [4.78, 5) is 0. The number of benzene rings is 1. The van der Waals surface area contributed by atoms with E-state index in [0.29, 0.717) is 11.8 Å². The SMILES string of the molecule is COc1ccc(OC)c([C@@H]2C[C@H]2[C@H](C)N)c1. The maximum Gasteiger partial charge on any atom is 0.122 e. The summed E-state index contributed by atoms with van der Waals surface area (Å²) in [7, 11) is 3.39. The van der Waals surface area contributed by atoms with Crippen LogP contribution in [-0.4, -0.2) is 20.3 Å². The molecule has 1 aromatic rings. The third-order valence-electron chi connectivity index (χ3n) is 3.35. The molecule has 0 aromatic heterocycles. The first-order valence-electron chi connectivity index (χ1n) is 5.65. The van der Waals surface area contributed by atoms with E-state index >= 15 is 0 Å². The molecule has 88 valence electrons. The van der Waals surface area contributed by atoms with Crippen LogP contribution >= 0.6 is 0 Å². The molecule has 0 unspecified atom stereocenters. The maximum atomic E-state index is 5.92. The summed E-state index contributed by atoms with van der Waals surface area (Å²) in [6, 6.07) is 6.20. The minimum absolute atomic E-state index is 0.251. The highest BCUT2D eigenvalue weighted by atomic mass is 16.5. The first-order chi connectivity index (χ1) is 7.67. The standard InChI is InChI=1S/C13H19NO2/c1-8(14)10-7-11(10)12-6-9(15-2)4-5-13(12)16-3/h4-6,8,10-11H,7,14H2,1-3H3/t8-,10-,11+/m0/s1. The molecule has 0 bridgehead atoms. The first kappa shape index (κ1) is 11.3. The molecule has 1 aliphatic carbocycles. The zero-order chi connectivity index (χ0) is 11.7. The summed E-state index contributed by atoms with van der Waals surface area (Å²) in [6.45, 7) is 2.07. The lowest BCUT2D eigenvalue weighted by Crippen LogP contribution is -2.18. The monoisotopic (exact) mass is 221 g/mol. The van der Waals surface area contributed by atoms with Crippen molar-refractivity contribution in [2.45, 2.75) is 25.3 Å². The predicted octanol–water partition coefficient (Wildman–Crippen LogP) is 2.15. The Kier molecular flexibility index (Phi) is 3.06. The molecule has 3 heteroatoms. The summed E-state index contributed by atoms with van der Waals surface area (Å²) in [5.41, 5.74) is 7.14. The average molecular weight is 221 g/mol. The van der Waals surface area contributed by atoms with Crippen LogP contribution in [0.1, 0.15) is 24.8 Å². The van der Waals surface area contributed by atoms with Crippen molar-refractivity contribution in [1.82, 2.24) is 0 Å². The molecule has 2 N–H and O–H groups in total. The Labute approximate surface area is 96.5 Å². The molecule has 2 rings (SSSR count). The highest BCUT2D eigenvalue weighted by molar-refractivity contribution is 5.45. The van der Waals surface area contributed by atoms with E-state index in [0.717, 1.165) is 17.9 Å². The van der Waals surface area contributed by atoms with E-state index in [1.54, 1.807) is 14.2 Å². The molecule has 1 aromatic carbocycles. The Balaban J connectivity index is 2.25. The second-order valence-corrected chi connectivity index (χ2v) is 4.47. The van der Waals surface area contributed by atoms with Crippen molar-refractivity contribution in [3.63, 3.8) is 0 Å². The van der Waals surface area contributed by atoms with Crippen LogP contribution in [0.4, 0.5) is 0 Å². The fraction of sp³-hybridized carbons (Fsp3) is 0.538. The van der Waals surface area contributed by atoms with Crippen LogP contribution in [0.5, 0.6) is 11.5 Å². The van der Waals surface area contributed by atoms with Crippen LogP contribution in [0.2, 0.25) is 0 Å². The van der Waals surface area contributed by atoms with Gasteiger partial charge in [-0.2, -0.15) is 0 Å². The van der Waals surface area contributed by atoms with Crippen molar-refractivity contribution >= 4 is 0 Å². The normalized spacial score (nSPS) is 25.0. The smallest absolute Gasteiger partial charge is 0.122 e. The molecular formula is C13H19NO2. The van der Waals surface area contributed by atoms with Crippen molar-refractivity contribution < 1.29 is 9.47 Å². The third kappa shape index (κ3) is 2.00. The van der Waals surface area contributed by atoms with Gasteiger partial charge in [0.25, 0.3) is 0 Å². The molecule has 0 spiro atoms. The maximum absolute atomic E-state index is 5.92. The van der Waals surface area contributed by atoms with Crippen LogP contribution < -0.4 is 15.2 Å². The molecule has 0 amide bonds. The van der Waals surface area contributed by atoms with E-state index in [-0.39, 0.29) is 6.04 Å². The fourth-order valence-electron chi connectivity index (χ4n) is 2.28. The molecule has 0 aliphatic heterocycles. The van der Waals surface area contributed by atoms with E-state index in [1.165, 1.54) is 5.56 Å². The highest BCUT2D eigenvalue weighted by Gasteiger charge is 2.42. The summed E-state index contributed by atoms with van der Waals surface area (Å²) in [5.74, 6) is 2.94. The first-order valence-corrected chi connectivity index (χ1v) is 5.65. The molecule has 3 atom stereocenters. The summed E-state index contributed by atoms with van der Waals surface area (Å²) < 4.78 is 10.6. The van der Waals surface area contributed by atoms with Crippen molar-refractivity contribution in [2.75, 3.05) is 14.2 Å². The summed E-state index contributed by atoms with van der Waals surface area (Å²) in [6.07, 6.45) is 1.15. The second-order valence-electron chi connectivity index (χ2n) is 4.47. The topological polar surface area (TPSA) is 44.5 Å². The number of nitrogens with two attached hydrogens (primary N) is 1. The Hall–Kier alpha value is -1.22. The van der Waals surface area contributed by atoms with Gasteiger partial charge in [-0.3, -0.25) is 0 Å². The van der Waals surface area contributed by atoms with E-state index in [2.05, 4.69) is 13.0 Å².